The van der Waals surface area contributed by atoms with E-state index in [2.05, 4.69) is 27.6 Å². The van der Waals surface area contributed by atoms with Crippen LogP contribution in [0.2, 0.25) is 0 Å². The SMILES string of the molecule is COc1c(F)ccc2cc(I)[nH]c12. The maximum atomic E-state index is 13.2. The van der Waals surface area contributed by atoms with E-state index in [9.17, 15) is 4.39 Å². The van der Waals surface area contributed by atoms with Crippen molar-refractivity contribution in [3.8, 4) is 5.75 Å². The number of H-pyrrole nitrogens is 1. The summed E-state index contributed by atoms with van der Waals surface area (Å²) in [6.45, 7) is 0. The molecule has 2 nitrogen and oxygen atoms in total. The summed E-state index contributed by atoms with van der Waals surface area (Å²) < 4.78 is 19.1. The molecular weight excluding hydrogens is 284 g/mol. The number of hydrogen-bond donors (Lipinski definition) is 1. The summed E-state index contributed by atoms with van der Waals surface area (Å²) in [4.78, 5) is 3.04. The summed E-state index contributed by atoms with van der Waals surface area (Å²) in [6, 6.07) is 5.08. The summed E-state index contributed by atoms with van der Waals surface area (Å²) in [7, 11) is 1.46. The Labute approximate surface area is 88.2 Å². The maximum Gasteiger partial charge on any atom is 0.178 e. The molecular formula is C9H7FINO. The van der Waals surface area contributed by atoms with Crippen LogP contribution in [0.15, 0.2) is 18.2 Å². The van der Waals surface area contributed by atoms with E-state index in [4.69, 9.17) is 4.74 Å². The summed E-state index contributed by atoms with van der Waals surface area (Å²) in [5, 5.41) is 0.961. The van der Waals surface area contributed by atoms with Crippen molar-refractivity contribution in [1.82, 2.24) is 4.98 Å². The molecule has 0 atom stereocenters. The topological polar surface area (TPSA) is 25.0 Å². The first-order valence-corrected chi connectivity index (χ1v) is 4.81. The van der Waals surface area contributed by atoms with Gasteiger partial charge in [0.1, 0.15) is 0 Å². The van der Waals surface area contributed by atoms with Crippen molar-refractivity contribution in [3.63, 3.8) is 0 Å². The Bertz CT molecular complexity index is 452. The third-order valence-corrected chi connectivity index (χ3v) is 2.45. The van der Waals surface area contributed by atoms with Crippen molar-refractivity contribution in [2.24, 2.45) is 0 Å². The van der Waals surface area contributed by atoms with Gasteiger partial charge in [-0.05, 0) is 40.8 Å². The molecule has 1 N–H and O–H groups in total. The lowest BCUT2D eigenvalue weighted by molar-refractivity contribution is 0.391. The fraction of sp³-hybridized carbons (Fsp3) is 0.111. The quantitative estimate of drug-likeness (QED) is 0.803. The van der Waals surface area contributed by atoms with Crippen molar-refractivity contribution in [3.05, 3.63) is 27.7 Å². The van der Waals surface area contributed by atoms with Gasteiger partial charge in [-0.3, -0.25) is 0 Å². The highest BCUT2D eigenvalue weighted by Crippen LogP contribution is 2.28. The van der Waals surface area contributed by atoms with E-state index >= 15 is 0 Å². The van der Waals surface area contributed by atoms with Crippen molar-refractivity contribution < 1.29 is 9.13 Å². The molecule has 2 aromatic rings. The monoisotopic (exact) mass is 291 g/mol. The first-order valence-electron chi connectivity index (χ1n) is 3.73. The summed E-state index contributed by atoms with van der Waals surface area (Å²) in [6.07, 6.45) is 0. The zero-order valence-corrected chi connectivity index (χ0v) is 9.05. The third kappa shape index (κ3) is 1.39. The number of ether oxygens (including phenoxy) is 1. The molecule has 0 saturated heterocycles. The van der Waals surface area contributed by atoms with Gasteiger partial charge in [-0.2, -0.15) is 0 Å². The molecule has 4 heteroatoms. The van der Waals surface area contributed by atoms with Crippen LogP contribution in [0.1, 0.15) is 0 Å². The van der Waals surface area contributed by atoms with Crippen molar-refractivity contribution in [1.29, 1.82) is 0 Å². The lowest BCUT2D eigenvalue weighted by Crippen LogP contribution is -1.88. The first-order chi connectivity index (χ1) is 6.22. The number of methoxy groups -OCH3 is 1. The molecule has 1 aromatic heterocycles. The minimum Gasteiger partial charge on any atom is -0.492 e. The van der Waals surface area contributed by atoms with Gasteiger partial charge >= 0.3 is 0 Å². The maximum absolute atomic E-state index is 13.2. The Morgan fingerprint density at radius 2 is 2.23 bits per heavy atom. The molecule has 13 heavy (non-hydrogen) atoms. The van der Waals surface area contributed by atoms with Crippen LogP contribution < -0.4 is 4.74 Å². The molecule has 0 amide bonds. The Morgan fingerprint density at radius 3 is 2.92 bits per heavy atom. The summed E-state index contributed by atoms with van der Waals surface area (Å²) in [5.41, 5.74) is 0.715. The van der Waals surface area contributed by atoms with Crippen molar-refractivity contribution in [2.75, 3.05) is 7.11 Å². The van der Waals surface area contributed by atoms with Crippen LogP contribution in [-0.4, -0.2) is 12.1 Å². The molecule has 0 radical (unpaired) electrons. The van der Waals surface area contributed by atoms with Crippen LogP contribution in [0.5, 0.6) is 5.75 Å². The highest BCUT2D eigenvalue weighted by Gasteiger charge is 2.09. The Kier molecular flexibility index (Phi) is 2.15. The number of aromatic amines is 1. The van der Waals surface area contributed by atoms with Crippen molar-refractivity contribution in [2.45, 2.75) is 0 Å². The zero-order valence-electron chi connectivity index (χ0n) is 6.90. The van der Waals surface area contributed by atoms with E-state index in [1.165, 1.54) is 13.2 Å². The Morgan fingerprint density at radius 1 is 1.46 bits per heavy atom. The number of aromatic nitrogens is 1. The van der Waals surface area contributed by atoms with Gasteiger partial charge < -0.3 is 9.72 Å². The van der Waals surface area contributed by atoms with Crippen LogP contribution in [0.25, 0.3) is 10.9 Å². The van der Waals surface area contributed by atoms with Gasteiger partial charge in [0, 0.05) is 5.39 Å². The smallest absolute Gasteiger partial charge is 0.178 e. The van der Waals surface area contributed by atoms with Crippen LogP contribution in [-0.2, 0) is 0 Å². The predicted octanol–water partition coefficient (Wildman–Crippen LogP) is 2.92. The molecule has 68 valence electrons. The lowest BCUT2D eigenvalue weighted by Gasteiger charge is -2.01. The predicted molar refractivity (Wildman–Crippen MR) is 57.5 cm³/mol. The standard InChI is InChI=1S/C9H7FINO/c1-13-9-6(10)3-2-5-4-7(11)12-8(5)9/h2-4,12H,1H3. The number of rotatable bonds is 1. The van der Waals surface area contributed by atoms with Crippen LogP contribution in [0.3, 0.4) is 0 Å². The number of nitrogens with one attached hydrogen (secondary N) is 1. The zero-order chi connectivity index (χ0) is 9.42. The minimum atomic E-state index is -0.340. The fourth-order valence-electron chi connectivity index (χ4n) is 1.31. The molecule has 0 aliphatic carbocycles. The average molecular weight is 291 g/mol. The van der Waals surface area contributed by atoms with Crippen LogP contribution in [0, 0.1) is 9.52 Å². The normalized spacial score (nSPS) is 10.7. The van der Waals surface area contributed by atoms with E-state index in [0.717, 1.165) is 9.09 Å². The molecule has 0 bridgehead atoms. The second-order valence-electron chi connectivity index (χ2n) is 2.66. The molecule has 0 aliphatic rings. The van der Waals surface area contributed by atoms with Gasteiger partial charge in [-0.25, -0.2) is 4.39 Å². The fourth-order valence-corrected chi connectivity index (χ4v) is 1.92. The summed E-state index contributed by atoms with van der Waals surface area (Å²) in [5.74, 6) is -0.0614. The molecule has 0 saturated carbocycles. The Balaban J connectivity index is 2.82. The van der Waals surface area contributed by atoms with Gasteiger partial charge in [0.2, 0.25) is 0 Å². The average Bonchev–Trinajstić information content (AvgIpc) is 2.45. The van der Waals surface area contributed by atoms with Gasteiger partial charge in [-0.15, -0.1) is 0 Å². The van der Waals surface area contributed by atoms with E-state index in [1.54, 1.807) is 6.07 Å². The molecule has 0 unspecified atom stereocenters. The number of fused-ring (bicyclic) bond motifs is 1. The third-order valence-electron chi connectivity index (χ3n) is 1.87. The van der Waals surface area contributed by atoms with Gasteiger partial charge in [0.15, 0.2) is 11.6 Å². The molecule has 0 spiro atoms. The second-order valence-corrected chi connectivity index (χ2v) is 3.82. The van der Waals surface area contributed by atoms with Crippen molar-refractivity contribution >= 4 is 33.5 Å². The van der Waals surface area contributed by atoms with E-state index < -0.39 is 0 Å². The second kappa shape index (κ2) is 3.17. The largest absolute Gasteiger partial charge is 0.492 e. The van der Waals surface area contributed by atoms with E-state index in [0.29, 0.717) is 5.52 Å². The summed E-state index contributed by atoms with van der Waals surface area (Å²) >= 11 is 2.14. The molecule has 2 rings (SSSR count). The van der Waals surface area contributed by atoms with E-state index in [-0.39, 0.29) is 11.6 Å². The highest BCUT2D eigenvalue weighted by atomic mass is 127. The first kappa shape index (κ1) is 8.80. The lowest BCUT2D eigenvalue weighted by atomic mass is 10.2. The highest BCUT2D eigenvalue weighted by molar-refractivity contribution is 14.1. The van der Waals surface area contributed by atoms with Crippen LogP contribution >= 0.6 is 22.6 Å². The Hall–Kier alpha value is -0.780. The molecule has 0 fully saturated rings. The molecule has 0 aliphatic heterocycles. The van der Waals surface area contributed by atoms with Gasteiger partial charge in [-0.1, -0.05) is 0 Å². The molecule has 1 heterocycles. The van der Waals surface area contributed by atoms with E-state index in [1.807, 2.05) is 6.07 Å². The van der Waals surface area contributed by atoms with Crippen LogP contribution in [0.4, 0.5) is 4.39 Å². The van der Waals surface area contributed by atoms with Gasteiger partial charge in [0.05, 0.1) is 16.3 Å². The number of halogens is 2. The van der Waals surface area contributed by atoms with Gasteiger partial charge in [0.25, 0.3) is 0 Å². The minimum absolute atomic E-state index is 0.278. The molecule has 1 aromatic carbocycles. The number of benzene rings is 1. The number of hydrogen-bond acceptors (Lipinski definition) is 1.